The molecular weight excluding hydrogens is 444 g/mol. The highest BCUT2D eigenvalue weighted by Crippen LogP contribution is 2.20. The van der Waals surface area contributed by atoms with Crippen molar-refractivity contribution in [3.05, 3.63) is 78.9 Å². The number of esters is 4. The minimum atomic E-state index is -0.777. The van der Waals surface area contributed by atoms with Gasteiger partial charge in [0.05, 0.1) is 32.3 Å². The third-order valence-electron chi connectivity index (χ3n) is 4.18. The average Bonchev–Trinajstić information content (AvgIpc) is 2.84. The van der Waals surface area contributed by atoms with Crippen LogP contribution in [0.15, 0.2) is 73.3 Å². The molecule has 0 radical (unpaired) electrons. The SMILES string of the molecule is C=CC(=O)OCCCOc1ccc(OC(=O)c2ccc(OC(=O)C(=C)CC(=O)OC)cc2)cc1. The Kier molecular flexibility index (Phi) is 10.1. The molecule has 0 unspecified atom stereocenters. The van der Waals surface area contributed by atoms with Crippen molar-refractivity contribution < 1.29 is 42.9 Å². The van der Waals surface area contributed by atoms with Crippen LogP contribution < -0.4 is 14.2 Å². The van der Waals surface area contributed by atoms with Gasteiger partial charge in [-0.1, -0.05) is 13.2 Å². The van der Waals surface area contributed by atoms with E-state index in [-0.39, 0.29) is 29.9 Å². The van der Waals surface area contributed by atoms with Crippen LogP contribution in [-0.4, -0.2) is 44.2 Å². The summed E-state index contributed by atoms with van der Waals surface area (Å²) in [6, 6.07) is 12.1. The molecule has 0 saturated heterocycles. The van der Waals surface area contributed by atoms with Gasteiger partial charge in [0, 0.05) is 18.1 Å². The van der Waals surface area contributed by atoms with Crippen molar-refractivity contribution in [1.82, 2.24) is 0 Å². The van der Waals surface area contributed by atoms with E-state index < -0.39 is 23.9 Å². The highest BCUT2D eigenvalue weighted by atomic mass is 16.5. The van der Waals surface area contributed by atoms with Crippen LogP contribution in [0, 0.1) is 0 Å². The Morgan fingerprint density at radius 3 is 2.06 bits per heavy atom. The van der Waals surface area contributed by atoms with Crippen molar-refractivity contribution in [2.75, 3.05) is 20.3 Å². The van der Waals surface area contributed by atoms with Gasteiger partial charge in [-0.05, 0) is 48.5 Å². The van der Waals surface area contributed by atoms with Crippen LogP contribution in [0.4, 0.5) is 0 Å². The number of carbonyl (C=O) groups excluding carboxylic acids is 4. The van der Waals surface area contributed by atoms with Crippen molar-refractivity contribution >= 4 is 23.9 Å². The minimum absolute atomic E-state index is 0.0566. The average molecular weight is 468 g/mol. The van der Waals surface area contributed by atoms with Crippen molar-refractivity contribution in [2.24, 2.45) is 0 Å². The number of methoxy groups -OCH3 is 1. The highest BCUT2D eigenvalue weighted by Gasteiger charge is 2.15. The lowest BCUT2D eigenvalue weighted by Crippen LogP contribution is -2.14. The van der Waals surface area contributed by atoms with Crippen molar-refractivity contribution in [3.63, 3.8) is 0 Å². The summed E-state index contributed by atoms with van der Waals surface area (Å²) in [6.07, 6.45) is 1.33. The van der Waals surface area contributed by atoms with Crippen LogP contribution in [0.5, 0.6) is 17.2 Å². The smallest absolute Gasteiger partial charge is 0.343 e. The van der Waals surface area contributed by atoms with Crippen LogP contribution in [0.2, 0.25) is 0 Å². The molecule has 0 aromatic heterocycles. The van der Waals surface area contributed by atoms with Crippen molar-refractivity contribution in [2.45, 2.75) is 12.8 Å². The summed E-state index contributed by atoms with van der Waals surface area (Å²) in [5.74, 6) is -1.42. The van der Waals surface area contributed by atoms with E-state index in [2.05, 4.69) is 17.9 Å². The highest BCUT2D eigenvalue weighted by molar-refractivity contribution is 5.95. The molecule has 178 valence electrons. The third-order valence-corrected chi connectivity index (χ3v) is 4.18. The summed E-state index contributed by atoms with van der Waals surface area (Å²) in [7, 11) is 1.20. The Hall–Kier alpha value is -4.40. The summed E-state index contributed by atoms with van der Waals surface area (Å²) in [6.45, 7) is 7.37. The number of rotatable bonds is 12. The van der Waals surface area contributed by atoms with Crippen molar-refractivity contribution in [3.8, 4) is 17.2 Å². The Morgan fingerprint density at radius 2 is 1.44 bits per heavy atom. The maximum absolute atomic E-state index is 12.3. The number of carbonyl (C=O) groups is 4. The molecule has 0 aliphatic rings. The summed E-state index contributed by atoms with van der Waals surface area (Å²) >= 11 is 0. The van der Waals surface area contributed by atoms with Gasteiger partial charge < -0.3 is 23.7 Å². The first-order valence-corrected chi connectivity index (χ1v) is 10.1. The Morgan fingerprint density at radius 1 is 0.853 bits per heavy atom. The normalized spacial score (nSPS) is 9.91. The summed E-state index contributed by atoms with van der Waals surface area (Å²) in [5.41, 5.74) is 0.182. The maximum Gasteiger partial charge on any atom is 0.343 e. The number of benzene rings is 2. The second kappa shape index (κ2) is 13.2. The molecule has 0 aliphatic carbocycles. The molecule has 2 aromatic carbocycles. The summed E-state index contributed by atoms with van der Waals surface area (Å²) in [4.78, 5) is 46.4. The fourth-order valence-electron chi connectivity index (χ4n) is 2.41. The topological polar surface area (TPSA) is 114 Å². The van der Waals surface area contributed by atoms with E-state index in [1.165, 1.54) is 31.4 Å². The van der Waals surface area contributed by atoms with Gasteiger partial charge in [0.15, 0.2) is 0 Å². The van der Waals surface area contributed by atoms with Gasteiger partial charge in [-0.25, -0.2) is 14.4 Å². The van der Waals surface area contributed by atoms with Gasteiger partial charge in [-0.3, -0.25) is 4.79 Å². The zero-order valence-corrected chi connectivity index (χ0v) is 18.6. The molecule has 2 rings (SSSR count). The van der Waals surface area contributed by atoms with Gasteiger partial charge in [-0.15, -0.1) is 0 Å². The van der Waals surface area contributed by atoms with Crippen LogP contribution in [0.1, 0.15) is 23.2 Å². The monoisotopic (exact) mass is 468 g/mol. The fourth-order valence-corrected chi connectivity index (χ4v) is 2.41. The second-order valence-corrected chi connectivity index (χ2v) is 6.70. The molecule has 0 spiro atoms. The zero-order chi connectivity index (χ0) is 24.9. The van der Waals surface area contributed by atoms with E-state index in [1.807, 2.05) is 0 Å². The lowest BCUT2D eigenvalue weighted by atomic mass is 10.2. The van der Waals surface area contributed by atoms with Crippen LogP contribution in [-0.2, 0) is 23.9 Å². The van der Waals surface area contributed by atoms with Crippen LogP contribution >= 0.6 is 0 Å². The van der Waals surface area contributed by atoms with E-state index in [9.17, 15) is 19.2 Å². The molecule has 0 N–H and O–H groups in total. The largest absolute Gasteiger partial charge is 0.493 e. The van der Waals surface area contributed by atoms with Gasteiger partial charge in [-0.2, -0.15) is 0 Å². The van der Waals surface area contributed by atoms with Crippen molar-refractivity contribution in [1.29, 1.82) is 0 Å². The number of hydrogen-bond acceptors (Lipinski definition) is 9. The van der Waals surface area contributed by atoms with E-state index in [0.717, 1.165) is 6.08 Å². The minimum Gasteiger partial charge on any atom is -0.493 e. The second-order valence-electron chi connectivity index (χ2n) is 6.70. The first-order chi connectivity index (χ1) is 16.3. The molecule has 0 aliphatic heterocycles. The Bertz CT molecular complexity index is 1040. The zero-order valence-electron chi connectivity index (χ0n) is 18.6. The van der Waals surface area contributed by atoms with E-state index >= 15 is 0 Å². The first kappa shape index (κ1) is 25.9. The standard InChI is InChI=1S/C25H24O9/c1-4-22(26)32-15-5-14-31-19-10-12-21(13-11-19)34-25(29)18-6-8-20(9-7-18)33-24(28)17(2)16-23(27)30-3/h4,6-13H,1-2,5,14-16H2,3H3. The lowest BCUT2D eigenvalue weighted by molar-refractivity contribution is -0.141. The predicted octanol–water partition coefficient (Wildman–Crippen LogP) is 3.43. The van der Waals surface area contributed by atoms with E-state index in [1.54, 1.807) is 24.3 Å². The molecule has 9 nitrogen and oxygen atoms in total. The molecule has 0 atom stereocenters. The Balaban J connectivity index is 1.81. The predicted molar refractivity (Wildman–Crippen MR) is 121 cm³/mol. The van der Waals surface area contributed by atoms with E-state index in [4.69, 9.17) is 18.9 Å². The molecule has 0 fully saturated rings. The first-order valence-electron chi connectivity index (χ1n) is 10.1. The molecule has 34 heavy (non-hydrogen) atoms. The van der Waals surface area contributed by atoms with Gasteiger partial charge in [0.2, 0.25) is 0 Å². The van der Waals surface area contributed by atoms with Crippen LogP contribution in [0.3, 0.4) is 0 Å². The number of ether oxygens (including phenoxy) is 5. The molecular formula is C25H24O9. The molecule has 2 aromatic rings. The molecule has 0 amide bonds. The number of hydrogen-bond donors (Lipinski definition) is 0. The summed E-state index contributed by atoms with van der Waals surface area (Å²) < 4.78 is 25.3. The van der Waals surface area contributed by atoms with Gasteiger partial charge in [0.25, 0.3) is 0 Å². The lowest BCUT2D eigenvalue weighted by Gasteiger charge is -2.09. The molecule has 0 bridgehead atoms. The van der Waals surface area contributed by atoms with Gasteiger partial charge in [0.1, 0.15) is 17.2 Å². The fraction of sp³-hybridized carbons (Fsp3) is 0.200. The quantitative estimate of drug-likeness (QED) is 0.200. The molecule has 0 saturated carbocycles. The Labute approximate surface area is 196 Å². The molecule has 0 heterocycles. The third kappa shape index (κ3) is 8.62. The van der Waals surface area contributed by atoms with E-state index in [0.29, 0.717) is 24.5 Å². The van der Waals surface area contributed by atoms with Crippen LogP contribution in [0.25, 0.3) is 0 Å². The maximum atomic E-state index is 12.3. The molecule has 9 heteroatoms. The summed E-state index contributed by atoms with van der Waals surface area (Å²) in [5, 5.41) is 0. The van der Waals surface area contributed by atoms with Gasteiger partial charge >= 0.3 is 23.9 Å².